The Bertz CT molecular complexity index is 1120. The molecule has 1 saturated heterocycles. The third kappa shape index (κ3) is 6.89. The molecule has 0 aliphatic carbocycles. The molecule has 3 aromatic rings. The van der Waals surface area contributed by atoms with Gasteiger partial charge in [-0.15, -0.1) is 0 Å². The molecule has 1 aliphatic heterocycles. The van der Waals surface area contributed by atoms with Crippen molar-refractivity contribution >= 4 is 11.7 Å². The zero-order valence-electron chi connectivity index (χ0n) is 20.1. The van der Waals surface area contributed by atoms with Gasteiger partial charge in [0.25, 0.3) is 5.91 Å². The number of carbonyl (C=O) groups excluding carboxylic acids is 2. The molecule has 184 valence electrons. The van der Waals surface area contributed by atoms with E-state index in [2.05, 4.69) is 15.0 Å². The Morgan fingerprint density at radius 2 is 1.66 bits per heavy atom. The van der Waals surface area contributed by atoms with Crippen molar-refractivity contribution in [2.45, 2.75) is 26.3 Å². The maximum atomic E-state index is 12.6. The highest BCUT2D eigenvalue weighted by Gasteiger charge is 2.23. The molecule has 1 aliphatic rings. The zero-order valence-corrected chi connectivity index (χ0v) is 20.1. The molecule has 9 nitrogen and oxygen atoms in total. The number of piperazine rings is 1. The number of amides is 1. The standard InChI is InChI=1S/C26H30N4O5/c1-19(31)3-4-20-5-9-23(10-6-20)34-18-25(32)30-15-13-29(14-16-30)17-24-27-26(28-35-24)21-7-11-22(33-2)12-8-21/h5-12H,3-4,13-18H2,1-2H3. The van der Waals surface area contributed by atoms with Gasteiger partial charge in [-0.25, -0.2) is 0 Å². The summed E-state index contributed by atoms with van der Waals surface area (Å²) in [4.78, 5) is 32.2. The van der Waals surface area contributed by atoms with E-state index in [0.717, 1.165) is 30.0 Å². The highest BCUT2D eigenvalue weighted by atomic mass is 16.5. The minimum Gasteiger partial charge on any atom is -0.497 e. The van der Waals surface area contributed by atoms with E-state index in [0.29, 0.717) is 49.9 Å². The Kier molecular flexibility index (Phi) is 8.10. The van der Waals surface area contributed by atoms with Gasteiger partial charge < -0.3 is 23.7 Å². The van der Waals surface area contributed by atoms with Gasteiger partial charge in [-0.1, -0.05) is 17.3 Å². The van der Waals surface area contributed by atoms with Crippen molar-refractivity contribution < 1.29 is 23.6 Å². The number of Topliss-reactive ketones (excluding diaryl/α,β-unsaturated/α-hetero) is 1. The van der Waals surface area contributed by atoms with Gasteiger partial charge in [0.2, 0.25) is 11.7 Å². The van der Waals surface area contributed by atoms with Crippen molar-refractivity contribution in [3.8, 4) is 22.9 Å². The summed E-state index contributed by atoms with van der Waals surface area (Å²) in [5.41, 5.74) is 1.94. The second-order valence-electron chi connectivity index (χ2n) is 8.53. The number of nitrogens with zero attached hydrogens (tertiary/aromatic N) is 4. The van der Waals surface area contributed by atoms with Crippen LogP contribution in [0, 0.1) is 0 Å². The van der Waals surface area contributed by atoms with Crippen LogP contribution in [0.15, 0.2) is 53.1 Å². The van der Waals surface area contributed by atoms with Crippen LogP contribution in [0.2, 0.25) is 0 Å². The van der Waals surface area contributed by atoms with Crippen molar-refractivity contribution in [2.24, 2.45) is 0 Å². The van der Waals surface area contributed by atoms with Crippen LogP contribution in [-0.2, 0) is 22.6 Å². The molecule has 0 atom stereocenters. The highest BCUT2D eigenvalue weighted by molar-refractivity contribution is 5.78. The third-order valence-corrected chi connectivity index (χ3v) is 5.95. The summed E-state index contributed by atoms with van der Waals surface area (Å²) in [5, 5.41) is 4.08. The van der Waals surface area contributed by atoms with Gasteiger partial charge in [-0.2, -0.15) is 4.98 Å². The average molecular weight is 479 g/mol. The first kappa shape index (κ1) is 24.4. The summed E-state index contributed by atoms with van der Waals surface area (Å²) < 4.78 is 16.3. The van der Waals surface area contributed by atoms with Crippen LogP contribution in [0.4, 0.5) is 0 Å². The summed E-state index contributed by atoms with van der Waals surface area (Å²) in [5.74, 6) is 2.64. The number of carbonyl (C=O) groups is 2. The summed E-state index contributed by atoms with van der Waals surface area (Å²) in [6.45, 7) is 4.80. The van der Waals surface area contributed by atoms with Crippen LogP contribution in [0.1, 0.15) is 24.8 Å². The van der Waals surface area contributed by atoms with E-state index >= 15 is 0 Å². The second kappa shape index (κ2) is 11.6. The fourth-order valence-electron chi connectivity index (χ4n) is 3.83. The maximum absolute atomic E-state index is 12.6. The van der Waals surface area contributed by atoms with Crippen LogP contribution in [0.3, 0.4) is 0 Å². The minimum atomic E-state index is -0.0371. The Morgan fingerprint density at radius 1 is 0.971 bits per heavy atom. The Morgan fingerprint density at radius 3 is 2.31 bits per heavy atom. The molecule has 4 rings (SSSR count). The van der Waals surface area contributed by atoms with Crippen molar-refractivity contribution in [3.05, 3.63) is 60.0 Å². The van der Waals surface area contributed by atoms with E-state index in [1.807, 2.05) is 53.4 Å². The predicted octanol–water partition coefficient (Wildman–Crippen LogP) is 2.99. The second-order valence-corrected chi connectivity index (χ2v) is 8.53. The van der Waals surface area contributed by atoms with Crippen LogP contribution >= 0.6 is 0 Å². The topological polar surface area (TPSA) is 98.0 Å². The molecule has 0 spiro atoms. The van der Waals surface area contributed by atoms with Crippen molar-refractivity contribution in [1.29, 1.82) is 0 Å². The molecule has 0 bridgehead atoms. The van der Waals surface area contributed by atoms with Crippen LogP contribution in [-0.4, -0.2) is 71.5 Å². The van der Waals surface area contributed by atoms with E-state index in [4.69, 9.17) is 14.0 Å². The van der Waals surface area contributed by atoms with Crippen molar-refractivity contribution in [2.75, 3.05) is 39.9 Å². The molecule has 2 heterocycles. The number of rotatable bonds is 10. The Balaban J connectivity index is 1.20. The number of ketones is 1. The zero-order chi connectivity index (χ0) is 24.6. The fourth-order valence-corrected chi connectivity index (χ4v) is 3.83. The summed E-state index contributed by atoms with van der Waals surface area (Å²) in [6.07, 6.45) is 1.24. The molecule has 0 unspecified atom stereocenters. The number of hydrogen-bond donors (Lipinski definition) is 0. The number of ether oxygens (including phenoxy) is 2. The molecule has 9 heteroatoms. The minimum absolute atomic E-state index is 0.00166. The van der Waals surface area contributed by atoms with Gasteiger partial charge in [0, 0.05) is 38.2 Å². The van der Waals surface area contributed by atoms with Crippen LogP contribution < -0.4 is 9.47 Å². The van der Waals surface area contributed by atoms with E-state index in [-0.39, 0.29) is 18.3 Å². The smallest absolute Gasteiger partial charge is 0.260 e. The fraction of sp³-hybridized carbons (Fsp3) is 0.385. The Labute approximate surface area is 204 Å². The molecule has 1 aromatic heterocycles. The van der Waals surface area contributed by atoms with Crippen LogP contribution in [0.5, 0.6) is 11.5 Å². The highest BCUT2D eigenvalue weighted by Crippen LogP contribution is 2.20. The SMILES string of the molecule is COc1ccc(-c2noc(CN3CCN(C(=O)COc4ccc(CCC(C)=O)cc4)CC3)n2)cc1. The molecular formula is C26H30N4O5. The van der Waals surface area contributed by atoms with Gasteiger partial charge in [-0.3, -0.25) is 9.69 Å². The monoisotopic (exact) mass is 478 g/mol. The summed E-state index contributed by atoms with van der Waals surface area (Å²) in [7, 11) is 1.63. The number of hydrogen-bond acceptors (Lipinski definition) is 8. The van der Waals surface area contributed by atoms with Gasteiger partial charge in [0.05, 0.1) is 13.7 Å². The lowest BCUT2D eigenvalue weighted by molar-refractivity contribution is -0.135. The van der Waals surface area contributed by atoms with Crippen LogP contribution in [0.25, 0.3) is 11.4 Å². The lowest BCUT2D eigenvalue weighted by Crippen LogP contribution is -2.49. The molecule has 35 heavy (non-hydrogen) atoms. The Hall–Kier alpha value is -3.72. The third-order valence-electron chi connectivity index (χ3n) is 5.95. The first-order valence-electron chi connectivity index (χ1n) is 11.7. The van der Waals surface area contributed by atoms with Crippen molar-refractivity contribution in [1.82, 2.24) is 19.9 Å². The lowest BCUT2D eigenvalue weighted by Gasteiger charge is -2.33. The lowest BCUT2D eigenvalue weighted by atomic mass is 10.1. The number of methoxy groups -OCH3 is 1. The average Bonchev–Trinajstić information content (AvgIpc) is 3.35. The molecular weight excluding hydrogens is 448 g/mol. The van der Waals surface area contributed by atoms with Gasteiger partial charge in [0.1, 0.15) is 17.3 Å². The van der Waals surface area contributed by atoms with Crippen molar-refractivity contribution in [3.63, 3.8) is 0 Å². The summed E-state index contributed by atoms with van der Waals surface area (Å²) in [6, 6.07) is 15.0. The normalized spacial score (nSPS) is 14.1. The van der Waals surface area contributed by atoms with Gasteiger partial charge in [-0.05, 0) is 55.3 Å². The van der Waals surface area contributed by atoms with Gasteiger partial charge >= 0.3 is 0 Å². The maximum Gasteiger partial charge on any atom is 0.260 e. The van der Waals surface area contributed by atoms with E-state index in [1.54, 1.807) is 14.0 Å². The molecule has 1 fully saturated rings. The van der Waals surface area contributed by atoms with E-state index in [1.165, 1.54) is 0 Å². The number of benzene rings is 2. The number of aromatic nitrogens is 2. The quantitative estimate of drug-likeness (QED) is 0.439. The first-order valence-corrected chi connectivity index (χ1v) is 11.7. The molecule has 0 N–H and O–H groups in total. The van der Waals surface area contributed by atoms with E-state index < -0.39 is 0 Å². The predicted molar refractivity (Wildman–Crippen MR) is 129 cm³/mol. The molecule has 0 saturated carbocycles. The molecule has 1 amide bonds. The molecule has 2 aromatic carbocycles. The molecule has 0 radical (unpaired) electrons. The van der Waals surface area contributed by atoms with E-state index in [9.17, 15) is 9.59 Å². The number of aryl methyl sites for hydroxylation is 1. The summed E-state index contributed by atoms with van der Waals surface area (Å²) >= 11 is 0. The largest absolute Gasteiger partial charge is 0.497 e. The van der Waals surface area contributed by atoms with Gasteiger partial charge in [0.15, 0.2) is 6.61 Å². The first-order chi connectivity index (χ1) is 17.0.